The van der Waals surface area contributed by atoms with E-state index in [1.807, 2.05) is 0 Å². The summed E-state index contributed by atoms with van der Waals surface area (Å²) in [7, 11) is 0. The first-order valence-corrected chi connectivity index (χ1v) is 7.78. The number of thiophene rings is 1. The molecule has 1 nitrogen and oxygen atoms in total. The molecule has 0 radical (unpaired) electrons. The molecule has 0 amide bonds. The van der Waals surface area contributed by atoms with Crippen molar-refractivity contribution in [2.24, 2.45) is 0 Å². The van der Waals surface area contributed by atoms with Gasteiger partial charge in [-0.3, -0.25) is 0 Å². The van der Waals surface area contributed by atoms with Gasteiger partial charge in [-0.25, -0.2) is 0 Å². The first-order chi connectivity index (χ1) is 9.06. The Hall–Kier alpha value is -1.06. The van der Waals surface area contributed by atoms with Crippen LogP contribution in [0.1, 0.15) is 39.5 Å². The summed E-state index contributed by atoms with van der Waals surface area (Å²) in [4.78, 5) is 1.32. The van der Waals surface area contributed by atoms with Crippen LogP contribution in [0.15, 0.2) is 28.5 Å². The van der Waals surface area contributed by atoms with Gasteiger partial charge in [0.15, 0.2) is 0 Å². The summed E-state index contributed by atoms with van der Waals surface area (Å²) >= 11 is 6.24. The van der Waals surface area contributed by atoms with Gasteiger partial charge in [-0.2, -0.15) is 0 Å². The van der Waals surface area contributed by atoms with E-state index in [0.717, 1.165) is 28.3 Å². The fourth-order valence-corrected chi connectivity index (χ4v) is 4.49. The number of fused-ring (bicyclic) bond motifs is 1. The average molecular weight is 287 g/mol. The maximum Gasteiger partial charge on any atom is 0.0664 e. The van der Waals surface area contributed by atoms with Crippen molar-refractivity contribution in [3.05, 3.63) is 51.4 Å². The molecule has 0 bridgehead atoms. The van der Waals surface area contributed by atoms with E-state index in [2.05, 4.69) is 50.7 Å². The highest BCUT2D eigenvalue weighted by Gasteiger charge is 2.28. The lowest BCUT2D eigenvalue weighted by Crippen LogP contribution is -2.18. The highest BCUT2D eigenvalue weighted by atomic mass is 32.2. The fraction of sp³-hybridized carbons (Fsp3) is 0.312. The smallest absolute Gasteiger partial charge is 0.0664 e. The lowest BCUT2D eigenvalue weighted by molar-refractivity contribution is 0.692. The van der Waals surface area contributed by atoms with Crippen LogP contribution in [0.4, 0.5) is 0 Å². The van der Waals surface area contributed by atoms with Gasteiger partial charge in [0, 0.05) is 16.2 Å². The van der Waals surface area contributed by atoms with Gasteiger partial charge in [0.2, 0.25) is 0 Å². The predicted octanol–water partition coefficient (Wildman–Crippen LogP) is 4.75. The molecule has 98 valence electrons. The molecule has 1 aromatic carbocycles. The first-order valence-electron chi connectivity index (χ1n) is 6.52. The standard InChI is InChI=1S/C16H17NS2/c1-9-3-5-11(6-4-9)12-7-13-10(2)19-16(18)15(13)14(17)8-12/h3-6,12,17-18H,7-8H2,1-2H3. The quantitative estimate of drug-likeness (QED) is 0.707. The zero-order valence-electron chi connectivity index (χ0n) is 11.2. The second kappa shape index (κ2) is 4.80. The summed E-state index contributed by atoms with van der Waals surface area (Å²) in [6.45, 7) is 4.26. The number of thiol groups is 1. The minimum atomic E-state index is 0.446. The molecule has 0 aliphatic heterocycles. The topological polar surface area (TPSA) is 23.9 Å². The highest BCUT2D eigenvalue weighted by molar-refractivity contribution is 7.83. The Morgan fingerprint density at radius 2 is 1.84 bits per heavy atom. The molecule has 0 saturated heterocycles. The van der Waals surface area contributed by atoms with E-state index in [0.29, 0.717) is 5.92 Å². The number of benzene rings is 1. The van der Waals surface area contributed by atoms with Crippen molar-refractivity contribution in [3.8, 4) is 0 Å². The molecule has 1 unspecified atom stereocenters. The van der Waals surface area contributed by atoms with E-state index in [9.17, 15) is 0 Å². The minimum absolute atomic E-state index is 0.446. The molecule has 19 heavy (non-hydrogen) atoms. The van der Waals surface area contributed by atoms with Crippen LogP contribution < -0.4 is 0 Å². The second-order valence-electron chi connectivity index (χ2n) is 5.31. The zero-order chi connectivity index (χ0) is 13.6. The van der Waals surface area contributed by atoms with Gasteiger partial charge in [-0.15, -0.1) is 24.0 Å². The SMILES string of the molecule is Cc1ccc(C2CC(=N)c3c(S)sc(C)c3C2)cc1. The third-order valence-electron chi connectivity index (χ3n) is 3.94. The van der Waals surface area contributed by atoms with Crippen molar-refractivity contribution in [3.63, 3.8) is 0 Å². The summed E-state index contributed by atoms with van der Waals surface area (Å²) < 4.78 is 1.01. The van der Waals surface area contributed by atoms with E-state index in [1.54, 1.807) is 11.3 Å². The van der Waals surface area contributed by atoms with Crippen LogP contribution in [-0.4, -0.2) is 5.71 Å². The summed E-state index contributed by atoms with van der Waals surface area (Å²) in [5.41, 5.74) is 5.85. The Balaban J connectivity index is 1.99. The molecule has 1 heterocycles. The summed E-state index contributed by atoms with van der Waals surface area (Å²) in [5, 5.41) is 8.30. The number of hydrogen-bond acceptors (Lipinski definition) is 3. The van der Waals surface area contributed by atoms with Crippen LogP contribution in [0.2, 0.25) is 0 Å². The van der Waals surface area contributed by atoms with E-state index >= 15 is 0 Å². The first kappa shape index (κ1) is 12.9. The molecule has 1 N–H and O–H groups in total. The Labute approximate surface area is 123 Å². The van der Waals surface area contributed by atoms with E-state index in [1.165, 1.54) is 21.6 Å². The Morgan fingerprint density at radius 3 is 2.53 bits per heavy atom. The van der Waals surface area contributed by atoms with Gasteiger partial charge in [-0.1, -0.05) is 29.8 Å². The van der Waals surface area contributed by atoms with Gasteiger partial charge < -0.3 is 5.41 Å². The van der Waals surface area contributed by atoms with Crippen LogP contribution in [0.5, 0.6) is 0 Å². The molecular formula is C16H17NS2. The van der Waals surface area contributed by atoms with Gasteiger partial charge in [0.05, 0.1) is 4.21 Å². The number of hydrogen-bond donors (Lipinski definition) is 2. The van der Waals surface area contributed by atoms with Gasteiger partial charge in [-0.05, 0) is 43.7 Å². The largest absolute Gasteiger partial charge is 0.305 e. The molecular weight excluding hydrogens is 270 g/mol. The molecule has 2 aromatic rings. The monoisotopic (exact) mass is 287 g/mol. The van der Waals surface area contributed by atoms with Crippen molar-refractivity contribution in [1.82, 2.24) is 0 Å². The van der Waals surface area contributed by atoms with Crippen LogP contribution in [-0.2, 0) is 6.42 Å². The Bertz CT molecular complexity index is 638. The van der Waals surface area contributed by atoms with E-state index in [-0.39, 0.29) is 0 Å². The normalized spacial score (nSPS) is 18.5. The average Bonchev–Trinajstić information content (AvgIpc) is 2.66. The van der Waals surface area contributed by atoms with E-state index in [4.69, 9.17) is 5.41 Å². The summed E-state index contributed by atoms with van der Waals surface area (Å²) in [5.74, 6) is 0.446. The Kier molecular flexibility index (Phi) is 3.27. The third-order valence-corrected chi connectivity index (χ3v) is 5.39. The van der Waals surface area contributed by atoms with Crippen molar-refractivity contribution >= 4 is 29.7 Å². The second-order valence-corrected chi connectivity index (χ2v) is 7.29. The van der Waals surface area contributed by atoms with Gasteiger partial charge >= 0.3 is 0 Å². The third kappa shape index (κ3) is 2.26. The predicted molar refractivity (Wildman–Crippen MR) is 85.4 cm³/mol. The van der Waals surface area contributed by atoms with Gasteiger partial charge in [0.1, 0.15) is 0 Å². The van der Waals surface area contributed by atoms with Crippen LogP contribution in [0.25, 0.3) is 0 Å². The lowest BCUT2D eigenvalue weighted by Gasteiger charge is -2.24. The minimum Gasteiger partial charge on any atom is -0.305 e. The maximum absolute atomic E-state index is 8.30. The number of aryl methyl sites for hydroxylation is 2. The number of nitrogens with one attached hydrogen (secondary N) is 1. The molecule has 0 fully saturated rings. The molecule has 1 atom stereocenters. The molecule has 3 heteroatoms. The molecule has 0 saturated carbocycles. The summed E-state index contributed by atoms with van der Waals surface area (Å²) in [6, 6.07) is 8.75. The fourth-order valence-electron chi connectivity index (χ4n) is 2.86. The molecule has 1 aromatic heterocycles. The van der Waals surface area contributed by atoms with Gasteiger partial charge in [0.25, 0.3) is 0 Å². The highest BCUT2D eigenvalue weighted by Crippen LogP contribution is 2.40. The maximum atomic E-state index is 8.30. The summed E-state index contributed by atoms with van der Waals surface area (Å²) in [6.07, 6.45) is 1.88. The van der Waals surface area contributed by atoms with Crippen molar-refractivity contribution < 1.29 is 0 Å². The van der Waals surface area contributed by atoms with Crippen LogP contribution >= 0.6 is 24.0 Å². The van der Waals surface area contributed by atoms with Crippen molar-refractivity contribution in [1.29, 1.82) is 5.41 Å². The van der Waals surface area contributed by atoms with Crippen LogP contribution in [0.3, 0.4) is 0 Å². The van der Waals surface area contributed by atoms with Crippen molar-refractivity contribution in [2.45, 2.75) is 36.8 Å². The lowest BCUT2D eigenvalue weighted by atomic mass is 9.80. The van der Waals surface area contributed by atoms with Crippen molar-refractivity contribution in [2.75, 3.05) is 0 Å². The molecule has 0 spiro atoms. The molecule has 1 aliphatic rings. The molecule has 3 rings (SSSR count). The number of rotatable bonds is 1. The molecule has 1 aliphatic carbocycles. The van der Waals surface area contributed by atoms with E-state index < -0.39 is 0 Å². The Morgan fingerprint density at radius 1 is 1.16 bits per heavy atom. The van der Waals surface area contributed by atoms with Crippen LogP contribution in [0, 0.1) is 19.3 Å². The zero-order valence-corrected chi connectivity index (χ0v) is 12.9.